The second-order valence-electron chi connectivity index (χ2n) is 5.74. The molecule has 0 radical (unpaired) electrons. The Morgan fingerprint density at radius 1 is 0.926 bits per heavy atom. The molecule has 0 aromatic heterocycles. The molecule has 0 atom stereocenters. The van der Waals surface area contributed by atoms with Gasteiger partial charge in [-0.25, -0.2) is 4.99 Å². The molecule has 0 spiro atoms. The fraction of sp³-hybridized carbons (Fsp3) is 0.381. The lowest BCUT2D eigenvalue weighted by atomic mass is 10.1. The highest BCUT2D eigenvalue weighted by Gasteiger charge is 1.99. The molecular formula is C21H30IN3O2. The van der Waals surface area contributed by atoms with Crippen molar-refractivity contribution in [3.8, 4) is 5.75 Å². The molecular weight excluding hydrogens is 453 g/mol. The topological polar surface area (TPSA) is 54.9 Å². The molecule has 0 amide bonds. The van der Waals surface area contributed by atoms with Gasteiger partial charge in [0.1, 0.15) is 12.4 Å². The van der Waals surface area contributed by atoms with Gasteiger partial charge in [0.05, 0.1) is 13.2 Å². The third-order valence-corrected chi connectivity index (χ3v) is 3.68. The Morgan fingerprint density at radius 2 is 1.63 bits per heavy atom. The van der Waals surface area contributed by atoms with Crippen molar-refractivity contribution in [2.24, 2.45) is 4.99 Å². The molecule has 2 rings (SSSR count). The van der Waals surface area contributed by atoms with E-state index in [4.69, 9.17) is 9.47 Å². The van der Waals surface area contributed by atoms with Gasteiger partial charge in [0, 0.05) is 19.7 Å². The lowest BCUT2D eigenvalue weighted by Crippen LogP contribution is -2.39. The molecule has 5 nitrogen and oxygen atoms in total. The van der Waals surface area contributed by atoms with Crippen LogP contribution in [0.2, 0.25) is 0 Å². The van der Waals surface area contributed by atoms with Crippen LogP contribution >= 0.6 is 24.0 Å². The van der Waals surface area contributed by atoms with Crippen molar-refractivity contribution in [2.45, 2.75) is 27.0 Å². The number of para-hydroxylation sites is 1. The van der Waals surface area contributed by atoms with Crippen molar-refractivity contribution >= 4 is 29.9 Å². The zero-order chi connectivity index (χ0) is 18.5. The van der Waals surface area contributed by atoms with Crippen LogP contribution in [-0.2, 0) is 17.9 Å². The number of aliphatic imine (C=N–C) groups is 1. The molecule has 27 heavy (non-hydrogen) atoms. The van der Waals surface area contributed by atoms with Crippen molar-refractivity contribution in [1.29, 1.82) is 0 Å². The van der Waals surface area contributed by atoms with Crippen molar-refractivity contribution < 1.29 is 9.47 Å². The number of ether oxygens (including phenoxy) is 2. The number of rotatable bonds is 10. The molecule has 0 saturated carbocycles. The molecule has 0 aliphatic rings. The maximum Gasteiger partial charge on any atom is 0.191 e. The van der Waals surface area contributed by atoms with Crippen LogP contribution in [0.5, 0.6) is 5.75 Å². The highest BCUT2D eigenvalue weighted by atomic mass is 127. The van der Waals surface area contributed by atoms with E-state index in [2.05, 4.69) is 46.8 Å². The molecule has 0 aliphatic carbocycles. The summed E-state index contributed by atoms with van der Waals surface area (Å²) < 4.78 is 11.1. The van der Waals surface area contributed by atoms with E-state index in [0.29, 0.717) is 19.8 Å². The summed E-state index contributed by atoms with van der Waals surface area (Å²) in [4.78, 5) is 4.61. The second-order valence-corrected chi connectivity index (χ2v) is 5.74. The molecule has 0 unspecified atom stereocenters. The van der Waals surface area contributed by atoms with Gasteiger partial charge in [0.2, 0.25) is 0 Å². The Balaban J connectivity index is 0.00000364. The van der Waals surface area contributed by atoms with Crippen LogP contribution in [0.25, 0.3) is 0 Å². The van der Waals surface area contributed by atoms with Gasteiger partial charge in [-0.05, 0) is 37.1 Å². The number of guanidine groups is 1. The minimum absolute atomic E-state index is 0. The third kappa shape index (κ3) is 9.63. The number of hydrogen-bond acceptors (Lipinski definition) is 3. The largest absolute Gasteiger partial charge is 0.489 e. The van der Waals surface area contributed by atoms with E-state index in [1.807, 2.05) is 37.3 Å². The van der Waals surface area contributed by atoms with E-state index >= 15 is 0 Å². The van der Waals surface area contributed by atoms with Crippen LogP contribution in [0.15, 0.2) is 59.6 Å². The lowest BCUT2D eigenvalue weighted by Gasteiger charge is -2.11. The van der Waals surface area contributed by atoms with Gasteiger partial charge in [-0.3, -0.25) is 0 Å². The Hall–Kier alpha value is -1.80. The minimum Gasteiger partial charge on any atom is -0.489 e. The number of benzene rings is 2. The molecule has 0 heterocycles. The van der Waals surface area contributed by atoms with Crippen LogP contribution < -0.4 is 15.4 Å². The van der Waals surface area contributed by atoms with Gasteiger partial charge in [-0.2, -0.15) is 0 Å². The molecule has 2 N–H and O–H groups in total. The first-order chi connectivity index (χ1) is 12.8. The highest BCUT2D eigenvalue weighted by Crippen LogP contribution is 2.12. The Labute approximate surface area is 179 Å². The predicted octanol–water partition coefficient (Wildman–Crippen LogP) is 3.98. The lowest BCUT2D eigenvalue weighted by molar-refractivity contribution is 0.152. The van der Waals surface area contributed by atoms with Crippen molar-refractivity contribution in [3.05, 3.63) is 65.7 Å². The summed E-state index contributed by atoms with van der Waals surface area (Å²) in [5, 5.41) is 6.51. The highest BCUT2D eigenvalue weighted by molar-refractivity contribution is 14.0. The number of halogens is 1. The molecule has 0 aliphatic heterocycles. The van der Waals surface area contributed by atoms with Gasteiger partial charge < -0.3 is 20.1 Å². The van der Waals surface area contributed by atoms with Gasteiger partial charge in [0.25, 0.3) is 0 Å². The summed E-state index contributed by atoms with van der Waals surface area (Å²) in [6.45, 7) is 8.23. The van der Waals surface area contributed by atoms with Gasteiger partial charge in [-0.15, -0.1) is 24.0 Å². The molecule has 2 aromatic rings. The van der Waals surface area contributed by atoms with Crippen LogP contribution in [0.1, 0.15) is 25.0 Å². The summed E-state index contributed by atoms with van der Waals surface area (Å²) in [6, 6.07) is 18.2. The summed E-state index contributed by atoms with van der Waals surface area (Å²) in [5.74, 6) is 1.69. The van der Waals surface area contributed by atoms with Gasteiger partial charge in [0.15, 0.2) is 5.96 Å². The first-order valence-electron chi connectivity index (χ1n) is 9.17. The summed E-state index contributed by atoms with van der Waals surface area (Å²) in [7, 11) is 0. The average molecular weight is 483 g/mol. The second kappa shape index (κ2) is 14.3. The molecule has 2 aromatic carbocycles. The third-order valence-electron chi connectivity index (χ3n) is 3.68. The van der Waals surface area contributed by atoms with Gasteiger partial charge in [-0.1, -0.05) is 42.5 Å². The zero-order valence-electron chi connectivity index (χ0n) is 16.1. The SMILES string of the molecule is CCNC(=NCc1ccc(COc2ccccc2)cc1)NCCOCC.I. The minimum atomic E-state index is 0. The standard InChI is InChI=1S/C21H29N3O2.HI/c1-3-22-21(23-14-15-25-4-2)24-16-18-10-12-19(13-11-18)17-26-20-8-6-5-7-9-20;/h5-13H,3-4,14-17H2,1-2H3,(H2,22,23,24);1H. The number of hydrogen-bond donors (Lipinski definition) is 2. The zero-order valence-corrected chi connectivity index (χ0v) is 18.4. The maximum atomic E-state index is 5.77. The fourth-order valence-corrected chi connectivity index (χ4v) is 2.32. The van der Waals surface area contributed by atoms with Gasteiger partial charge >= 0.3 is 0 Å². The molecule has 0 bridgehead atoms. The summed E-state index contributed by atoms with van der Waals surface area (Å²) in [6.07, 6.45) is 0. The van der Waals surface area contributed by atoms with Crippen molar-refractivity contribution in [3.63, 3.8) is 0 Å². The van der Waals surface area contributed by atoms with Crippen LogP contribution in [0.4, 0.5) is 0 Å². The Kier molecular flexibility index (Phi) is 12.3. The number of nitrogens with one attached hydrogen (secondary N) is 2. The van der Waals surface area contributed by atoms with Crippen LogP contribution in [0, 0.1) is 0 Å². The van der Waals surface area contributed by atoms with Crippen molar-refractivity contribution in [1.82, 2.24) is 10.6 Å². The quantitative estimate of drug-likeness (QED) is 0.233. The normalized spacial score (nSPS) is 10.8. The van der Waals surface area contributed by atoms with E-state index in [1.165, 1.54) is 0 Å². The average Bonchev–Trinajstić information content (AvgIpc) is 2.69. The first-order valence-corrected chi connectivity index (χ1v) is 9.17. The van der Waals surface area contributed by atoms with E-state index in [0.717, 1.165) is 42.5 Å². The molecule has 6 heteroatoms. The molecule has 148 valence electrons. The first kappa shape index (κ1) is 23.2. The molecule has 0 fully saturated rings. The van der Waals surface area contributed by atoms with E-state index < -0.39 is 0 Å². The molecule has 0 saturated heterocycles. The van der Waals surface area contributed by atoms with E-state index in [9.17, 15) is 0 Å². The number of nitrogens with zero attached hydrogens (tertiary/aromatic N) is 1. The summed E-state index contributed by atoms with van der Waals surface area (Å²) >= 11 is 0. The van der Waals surface area contributed by atoms with E-state index in [1.54, 1.807) is 0 Å². The monoisotopic (exact) mass is 483 g/mol. The van der Waals surface area contributed by atoms with E-state index in [-0.39, 0.29) is 24.0 Å². The predicted molar refractivity (Wildman–Crippen MR) is 122 cm³/mol. The maximum absolute atomic E-state index is 5.77. The summed E-state index contributed by atoms with van der Waals surface area (Å²) in [5.41, 5.74) is 2.30. The van der Waals surface area contributed by atoms with Crippen molar-refractivity contribution in [2.75, 3.05) is 26.3 Å². The smallest absolute Gasteiger partial charge is 0.191 e. The Morgan fingerprint density at radius 3 is 2.30 bits per heavy atom. The van der Waals surface area contributed by atoms with Crippen LogP contribution in [-0.4, -0.2) is 32.3 Å². The van der Waals surface area contributed by atoms with Crippen LogP contribution in [0.3, 0.4) is 0 Å². The Bertz CT molecular complexity index is 648. The fourth-order valence-electron chi connectivity index (χ4n) is 2.32.